The summed E-state index contributed by atoms with van der Waals surface area (Å²) in [5.41, 5.74) is -0.0779. The summed E-state index contributed by atoms with van der Waals surface area (Å²) in [4.78, 5) is 20.8. The summed E-state index contributed by atoms with van der Waals surface area (Å²) in [5.74, 6) is 0.576. The number of rotatable bonds is 4. The Bertz CT molecular complexity index is 440. The molecule has 5 nitrogen and oxygen atoms in total. The molecular weight excluding hydrogens is 216 g/mol. The SMILES string of the molecule is O=c1[nH]ccnc1N1CCCC1CNC1CC1. The summed E-state index contributed by atoms with van der Waals surface area (Å²) < 4.78 is 0. The molecule has 0 spiro atoms. The lowest BCUT2D eigenvalue weighted by atomic mass is 10.2. The zero-order valence-electron chi connectivity index (χ0n) is 9.85. The fourth-order valence-corrected chi connectivity index (χ4v) is 2.47. The van der Waals surface area contributed by atoms with Crippen molar-refractivity contribution >= 4 is 5.82 Å². The fourth-order valence-electron chi connectivity index (χ4n) is 2.47. The Morgan fingerprint density at radius 3 is 3.12 bits per heavy atom. The molecule has 1 atom stereocenters. The van der Waals surface area contributed by atoms with Crippen molar-refractivity contribution in [3.05, 3.63) is 22.7 Å². The van der Waals surface area contributed by atoms with Gasteiger partial charge in [0, 0.05) is 37.6 Å². The second-order valence-electron chi connectivity index (χ2n) is 4.91. The Morgan fingerprint density at radius 2 is 2.35 bits per heavy atom. The molecule has 2 heterocycles. The summed E-state index contributed by atoms with van der Waals surface area (Å²) in [7, 11) is 0. The van der Waals surface area contributed by atoms with Gasteiger partial charge in [-0.25, -0.2) is 4.98 Å². The van der Waals surface area contributed by atoms with Gasteiger partial charge in [-0.15, -0.1) is 0 Å². The number of nitrogens with zero attached hydrogens (tertiary/aromatic N) is 2. The highest BCUT2D eigenvalue weighted by molar-refractivity contribution is 5.38. The van der Waals surface area contributed by atoms with Crippen molar-refractivity contribution < 1.29 is 0 Å². The Kier molecular flexibility index (Phi) is 2.84. The lowest BCUT2D eigenvalue weighted by molar-refractivity contribution is 0.567. The van der Waals surface area contributed by atoms with E-state index in [1.165, 1.54) is 12.8 Å². The number of aromatic nitrogens is 2. The van der Waals surface area contributed by atoms with Gasteiger partial charge in [0.15, 0.2) is 5.82 Å². The van der Waals surface area contributed by atoms with Gasteiger partial charge in [-0.1, -0.05) is 0 Å². The number of H-pyrrole nitrogens is 1. The monoisotopic (exact) mass is 234 g/mol. The van der Waals surface area contributed by atoms with E-state index in [-0.39, 0.29) is 5.56 Å². The fraction of sp³-hybridized carbons (Fsp3) is 0.667. The number of aromatic amines is 1. The largest absolute Gasteiger partial charge is 0.348 e. The Balaban J connectivity index is 1.72. The van der Waals surface area contributed by atoms with E-state index in [1.807, 2.05) is 0 Å². The molecule has 92 valence electrons. The molecule has 1 aliphatic heterocycles. The summed E-state index contributed by atoms with van der Waals surface area (Å²) in [5, 5.41) is 3.54. The van der Waals surface area contributed by atoms with Crippen molar-refractivity contribution in [2.24, 2.45) is 0 Å². The number of hydrogen-bond donors (Lipinski definition) is 2. The summed E-state index contributed by atoms with van der Waals surface area (Å²) in [6.07, 6.45) is 8.14. The second kappa shape index (κ2) is 4.49. The zero-order valence-corrected chi connectivity index (χ0v) is 9.85. The molecule has 0 amide bonds. The molecule has 0 aromatic carbocycles. The standard InChI is InChI=1S/C12H18N4O/c17-12-11(13-5-6-14-12)16-7-1-2-10(16)8-15-9-3-4-9/h5-6,9-10,15H,1-4,7-8H2,(H,14,17). The summed E-state index contributed by atoms with van der Waals surface area (Å²) in [6.45, 7) is 1.91. The van der Waals surface area contributed by atoms with E-state index >= 15 is 0 Å². The highest BCUT2D eigenvalue weighted by atomic mass is 16.1. The summed E-state index contributed by atoms with van der Waals surface area (Å²) >= 11 is 0. The normalized spacial score (nSPS) is 24.2. The van der Waals surface area contributed by atoms with Crippen LogP contribution in [0.5, 0.6) is 0 Å². The molecule has 1 unspecified atom stereocenters. The molecular formula is C12H18N4O. The topological polar surface area (TPSA) is 61.0 Å². The maximum Gasteiger partial charge on any atom is 0.290 e. The van der Waals surface area contributed by atoms with Gasteiger partial charge in [-0.3, -0.25) is 4.79 Å². The molecule has 1 aromatic heterocycles. The molecule has 1 aromatic rings. The first-order valence-corrected chi connectivity index (χ1v) is 6.38. The predicted molar refractivity (Wildman–Crippen MR) is 66.3 cm³/mol. The van der Waals surface area contributed by atoms with Gasteiger partial charge >= 0.3 is 0 Å². The molecule has 0 radical (unpaired) electrons. The number of nitrogens with one attached hydrogen (secondary N) is 2. The quantitative estimate of drug-likeness (QED) is 0.796. The van der Waals surface area contributed by atoms with Crippen LogP contribution in [0.1, 0.15) is 25.7 Å². The van der Waals surface area contributed by atoms with Crippen LogP contribution in [0.2, 0.25) is 0 Å². The van der Waals surface area contributed by atoms with Crippen molar-refractivity contribution in [3.63, 3.8) is 0 Å². The lowest BCUT2D eigenvalue weighted by Crippen LogP contribution is -2.41. The predicted octanol–water partition coefficient (Wildman–Crippen LogP) is 0.491. The van der Waals surface area contributed by atoms with Gasteiger partial charge in [-0.2, -0.15) is 0 Å². The van der Waals surface area contributed by atoms with E-state index in [9.17, 15) is 4.79 Å². The van der Waals surface area contributed by atoms with E-state index in [0.29, 0.717) is 11.9 Å². The molecule has 1 saturated carbocycles. The molecule has 2 N–H and O–H groups in total. The highest BCUT2D eigenvalue weighted by Crippen LogP contribution is 2.23. The third kappa shape index (κ3) is 2.34. The first-order chi connectivity index (χ1) is 8.34. The minimum absolute atomic E-state index is 0.0779. The Labute approximate surface area is 100 Å². The van der Waals surface area contributed by atoms with Gasteiger partial charge in [0.2, 0.25) is 0 Å². The molecule has 3 rings (SSSR count). The zero-order chi connectivity index (χ0) is 11.7. The Morgan fingerprint density at radius 1 is 1.47 bits per heavy atom. The average Bonchev–Trinajstić information content (AvgIpc) is 3.06. The van der Waals surface area contributed by atoms with E-state index in [4.69, 9.17) is 0 Å². The van der Waals surface area contributed by atoms with Crippen LogP contribution in [-0.4, -0.2) is 35.1 Å². The third-order valence-corrected chi connectivity index (χ3v) is 3.56. The second-order valence-corrected chi connectivity index (χ2v) is 4.91. The maximum atomic E-state index is 11.7. The van der Waals surface area contributed by atoms with Crippen LogP contribution in [0.3, 0.4) is 0 Å². The molecule has 5 heteroatoms. The highest BCUT2D eigenvalue weighted by Gasteiger charge is 2.29. The average molecular weight is 234 g/mol. The van der Waals surface area contributed by atoms with Crippen LogP contribution in [0.25, 0.3) is 0 Å². The Hall–Kier alpha value is -1.36. The third-order valence-electron chi connectivity index (χ3n) is 3.56. The van der Waals surface area contributed by atoms with Crippen LogP contribution in [0.15, 0.2) is 17.2 Å². The van der Waals surface area contributed by atoms with Crippen molar-refractivity contribution in [2.75, 3.05) is 18.0 Å². The molecule has 1 aliphatic carbocycles. The first kappa shape index (κ1) is 10.8. The van der Waals surface area contributed by atoms with Crippen LogP contribution in [0.4, 0.5) is 5.82 Å². The number of anilines is 1. The van der Waals surface area contributed by atoms with Crippen molar-refractivity contribution in [3.8, 4) is 0 Å². The van der Waals surface area contributed by atoms with Gasteiger partial charge in [0.05, 0.1) is 0 Å². The molecule has 0 bridgehead atoms. The molecule has 2 fully saturated rings. The van der Waals surface area contributed by atoms with E-state index in [1.54, 1.807) is 12.4 Å². The molecule has 1 saturated heterocycles. The minimum atomic E-state index is -0.0779. The van der Waals surface area contributed by atoms with E-state index in [2.05, 4.69) is 20.2 Å². The van der Waals surface area contributed by atoms with E-state index < -0.39 is 0 Å². The number of hydrogen-bond acceptors (Lipinski definition) is 4. The van der Waals surface area contributed by atoms with E-state index in [0.717, 1.165) is 32.0 Å². The lowest BCUT2D eigenvalue weighted by Gasteiger charge is -2.25. The van der Waals surface area contributed by atoms with Crippen LogP contribution >= 0.6 is 0 Å². The van der Waals surface area contributed by atoms with Crippen molar-refractivity contribution in [2.45, 2.75) is 37.8 Å². The van der Waals surface area contributed by atoms with Crippen LogP contribution < -0.4 is 15.8 Å². The maximum absolute atomic E-state index is 11.7. The van der Waals surface area contributed by atoms with Crippen LogP contribution in [0, 0.1) is 0 Å². The van der Waals surface area contributed by atoms with Gasteiger partial charge in [0.25, 0.3) is 5.56 Å². The van der Waals surface area contributed by atoms with Gasteiger partial charge < -0.3 is 15.2 Å². The smallest absolute Gasteiger partial charge is 0.290 e. The molecule has 17 heavy (non-hydrogen) atoms. The minimum Gasteiger partial charge on any atom is -0.348 e. The van der Waals surface area contributed by atoms with Gasteiger partial charge in [-0.05, 0) is 25.7 Å². The van der Waals surface area contributed by atoms with Crippen LogP contribution in [-0.2, 0) is 0 Å². The molecule has 2 aliphatic rings. The van der Waals surface area contributed by atoms with Crippen molar-refractivity contribution in [1.82, 2.24) is 15.3 Å². The first-order valence-electron chi connectivity index (χ1n) is 6.38. The summed E-state index contributed by atoms with van der Waals surface area (Å²) in [6, 6.07) is 1.14. The van der Waals surface area contributed by atoms with Crippen molar-refractivity contribution in [1.29, 1.82) is 0 Å². The van der Waals surface area contributed by atoms with Gasteiger partial charge in [0.1, 0.15) is 0 Å².